The van der Waals surface area contributed by atoms with Crippen molar-refractivity contribution in [3.8, 4) is 23.0 Å². The molecule has 0 unspecified atom stereocenters. The largest absolute Gasteiger partial charge is 0.496 e. The molecule has 8 nitrogen and oxygen atoms in total. The van der Waals surface area contributed by atoms with E-state index in [9.17, 15) is 19.8 Å². The average Bonchev–Trinajstić information content (AvgIpc) is 3.17. The first-order chi connectivity index (χ1) is 27.5. The van der Waals surface area contributed by atoms with Gasteiger partial charge < -0.3 is 29.2 Å². The van der Waals surface area contributed by atoms with Crippen LogP contribution in [-0.4, -0.2) is 48.2 Å². The van der Waals surface area contributed by atoms with Crippen molar-refractivity contribution in [3.63, 3.8) is 0 Å². The Morgan fingerprint density at radius 3 is 1.57 bits per heavy atom. The van der Waals surface area contributed by atoms with Gasteiger partial charge in [-0.2, -0.15) is 0 Å². The molecule has 0 saturated heterocycles. The predicted molar refractivity (Wildman–Crippen MR) is 236 cm³/mol. The molecule has 0 radical (unpaired) electrons. The maximum Gasteiger partial charge on any atom is 0.154 e. The van der Waals surface area contributed by atoms with Crippen LogP contribution in [0, 0.1) is 11.8 Å². The molecule has 2 heterocycles. The number of ether oxygens (including phenoxy) is 4. The molecule has 2 aromatic rings. The standard InChI is InChI=1S/C25H38O4.C25H34O4/c2*1-17(2)9-7-10-18(3)11-8-12-25(5)19(4)13-21-23(28-6)14-20(15-26)22(16-27)24(21)29-25/h9,11,14,19,26-27H,7-8,10,12-13,15-16H2,1-6H3;9,11,14-16,19H,7-8,10,12-13H2,1-6H3/b2*18-11+/t2*19-,25-/m00/s1. The Hall–Kier alpha value is -4.14. The number of methoxy groups -OCH3 is 2. The highest BCUT2D eigenvalue weighted by molar-refractivity contribution is 5.94. The van der Waals surface area contributed by atoms with E-state index < -0.39 is 5.60 Å². The zero-order chi connectivity index (χ0) is 43.2. The van der Waals surface area contributed by atoms with E-state index in [1.165, 1.54) is 22.3 Å². The second-order valence-corrected chi connectivity index (χ2v) is 17.3. The Bertz CT molecular complexity index is 1840. The average molecular weight is 801 g/mol. The Labute approximate surface area is 349 Å². The quantitative estimate of drug-likeness (QED) is 0.113. The van der Waals surface area contributed by atoms with Crippen LogP contribution in [0.15, 0.2) is 58.7 Å². The van der Waals surface area contributed by atoms with Crippen LogP contribution < -0.4 is 18.9 Å². The number of allylic oxidation sites excluding steroid dienone is 8. The number of aldehydes is 2. The minimum atomic E-state index is -0.409. The summed E-state index contributed by atoms with van der Waals surface area (Å²) >= 11 is 0. The Morgan fingerprint density at radius 2 is 1.16 bits per heavy atom. The van der Waals surface area contributed by atoms with Gasteiger partial charge in [0, 0.05) is 22.3 Å². The lowest BCUT2D eigenvalue weighted by Gasteiger charge is -2.42. The normalized spacial score (nSPS) is 21.2. The summed E-state index contributed by atoms with van der Waals surface area (Å²) in [7, 11) is 3.21. The summed E-state index contributed by atoms with van der Waals surface area (Å²) < 4.78 is 24.0. The molecule has 4 rings (SSSR count). The number of rotatable bonds is 18. The highest BCUT2D eigenvalue weighted by Gasteiger charge is 2.41. The van der Waals surface area contributed by atoms with Gasteiger partial charge in [-0.25, -0.2) is 0 Å². The molecule has 2 aromatic carbocycles. The molecule has 58 heavy (non-hydrogen) atoms. The van der Waals surface area contributed by atoms with Crippen LogP contribution in [0.2, 0.25) is 0 Å². The summed E-state index contributed by atoms with van der Waals surface area (Å²) in [4.78, 5) is 23.2. The van der Waals surface area contributed by atoms with Gasteiger partial charge in [-0.3, -0.25) is 9.59 Å². The van der Waals surface area contributed by atoms with E-state index in [-0.39, 0.29) is 24.7 Å². The minimum Gasteiger partial charge on any atom is -0.496 e. The molecule has 0 aromatic heterocycles. The first-order valence-corrected chi connectivity index (χ1v) is 21.0. The molecule has 0 amide bonds. The number of carbonyl (C=O) groups is 2. The molecule has 4 atom stereocenters. The van der Waals surface area contributed by atoms with Crippen molar-refractivity contribution in [2.75, 3.05) is 14.2 Å². The van der Waals surface area contributed by atoms with Gasteiger partial charge in [-0.05, 0) is 149 Å². The number of fused-ring (bicyclic) bond motifs is 2. The first kappa shape index (κ1) is 48.2. The Morgan fingerprint density at radius 1 is 0.690 bits per heavy atom. The van der Waals surface area contributed by atoms with Gasteiger partial charge in [0.25, 0.3) is 0 Å². The topological polar surface area (TPSA) is 112 Å². The van der Waals surface area contributed by atoms with Gasteiger partial charge in [0.15, 0.2) is 12.6 Å². The number of carbonyl (C=O) groups excluding carboxylic acids is 2. The lowest BCUT2D eigenvalue weighted by atomic mass is 9.78. The fourth-order valence-electron chi connectivity index (χ4n) is 7.91. The van der Waals surface area contributed by atoms with Crippen LogP contribution in [-0.2, 0) is 26.1 Å². The summed E-state index contributed by atoms with van der Waals surface area (Å²) in [6.45, 7) is 21.2. The molecule has 0 aliphatic carbocycles. The second kappa shape index (κ2) is 22.3. The fraction of sp³-hybridized carbons (Fsp3) is 0.560. The zero-order valence-electron chi connectivity index (χ0n) is 37.6. The van der Waals surface area contributed by atoms with Crippen molar-refractivity contribution in [1.82, 2.24) is 0 Å². The molecule has 0 bridgehead atoms. The maximum atomic E-state index is 11.7. The molecule has 0 fully saturated rings. The van der Waals surface area contributed by atoms with E-state index in [0.717, 1.165) is 81.1 Å². The minimum absolute atomic E-state index is 0.150. The lowest BCUT2D eigenvalue weighted by molar-refractivity contribution is 0.00723. The highest BCUT2D eigenvalue weighted by atomic mass is 16.5. The van der Waals surface area contributed by atoms with E-state index >= 15 is 0 Å². The number of hydrogen-bond donors (Lipinski definition) is 2. The van der Waals surface area contributed by atoms with Crippen LogP contribution in [0.3, 0.4) is 0 Å². The van der Waals surface area contributed by atoms with Crippen LogP contribution in [0.5, 0.6) is 23.0 Å². The summed E-state index contributed by atoms with van der Waals surface area (Å²) in [5, 5.41) is 19.7. The molecular weight excluding hydrogens is 729 g/mol. The number of aliphatic hydroxyl groups is 2. The summed E-state index contributed by atoms with van der Waals surface area (Å²) in [6.07, 6.45) is 20.1. The third kappa shape index (κ3) is 12.4. The van der Waals surface area contributed by atoms with Crippen molar-refractivity contribution in [2.45, 2.75) is 158 Å². The fourth-order valence-corrected chi connectivity index (χ4v) is 7.91. The molecule has 2 aliphatic heterocycles. The van der Waals surface area contributed by atoms with Gasteiger partial charge in [0.1, 0.15) is 34.2 Å². The smallest absolute Gasteiger partial charge is 0.154 e. The summed E-state index contributed by atoms with van der Waals surface area (Å²) in [5.74, 6) is 3.11. The first-order valence-electron chi connectivity index (χ1n) is 21.0. The van der Waals surface area contributed by atoms with Crippen LogP contribution >= 0.6 is 0 Å². The molecule has 0 spiro atoms. The molecule has 8 heteroatoms. The Balaban J connectivity index is 0.000000310. The van der Waals surface area contributed by atoms with Crippen molar-refractivity contribution >= 4 is 12.6 Å². The van der Waals surface area contributed by atoms with E-state index in [1.54, 1.807) is 20.3 Å². The van der Waals surface area contributed by atoms with E-state index in [4.69, 9.17) is 18.9 Å². The SMILES string of the molecule is COc1cc(C=O)c(C=O)c2c1C[C@H](C)[C@](C)(CC/C=C(\C)CCC=C(C)C)O2.COc1cc(CO)c(CO)c2c1C[C@H](C)[C@](C)(CC/C=C(\C)CCC=C(C)C)O2. The van der Waals surface area contributed by atoms with Gasteiger partial charge in [0.2, 0.25) is 0 Å². The Kier molecular flexibility index (Phi) is 18.5. The van der Waals surface area contributed by atoms with Gasteiger partial charge in [0.05, 0.1) is 33.0 Å². The molecule has 2 aliphatic rings. The van der Waals surface area contributed by atoms with Crippen LogP contribution in [0.4, 0.5) is 0 Å². The molecule has 320 valence electrons. The third-order valence-corrected chi connectivity index (χ3v) is 12.2. The summed E-state index contributed by atoms with van der Waals surface area (Å²) in [6, 6.07) is 3.45. The van der Waals surface area contributed by atoms with Crippen molar-refractivity contribution in [1.29, 1.82) is 0 Å². The summed E-state index contributed by atoms with van der Waals surface area (Å²) in [5.41, 5.74) is 8.61. The van der Waals surface area contributed by atoms with E-state index in [0.29, 0.717) is 58.0 Å². The monoisotopic (exact) mass is 801 g/mol. The van der Waals surface area contributed by atoms with Crippen molar-refractivity contribution in [2.24, 2.45) is 11.8 Å². The van der Waals surface area contributed by atoms with Gasteiger partial charge in [-0.1, -0.05) is 60.4 Å². The van der Waals surface area contributed by atoms with Crippen LogP contribution in [0.1, 0.15) is 164 Å². The third-order valence-electron chi connectivity index (χ3n) is 12.2. The number of benzene rings is 2. The van der Waals surface area contributed by atoms with Gasteiger partial charge >= 0.3 is 0 Å². The zero-order valence-corrected chi connectivity index (χ0v) is 37.6. The molecular formula is C50H72O8. The molecule has 2 N–H and O–H groups in total. The maximum absolute atomic E-state index is 11.7. The number of aliphatic hydroxyl groups excluding tert-OH is 2. The lowest BCUT2D eigenvalue weighted by Crippen LogP contribution is -2.44. The predicted octanol–water partition coefficient (Wildman–Crippen LogP) is 11.6. The van der Waals surface area contributed by atoms with E-state index in [1.807, 2.05) is 6.07 Å². The number of hydrogen-bond acceptors (Lipinski definition) is 8. The van der Waals surface area contributed by atoms with Crippen molar-refractivity contribution < 1.29 is 38.7 Å². The highest BCUT2D eigenvalue weighted by Crippen LogP contribution is 2.47. The van der Waals surface area contributed by atoms with Gasteiger partial charge in [-0.15, -0.1) is 0 Å². The molecule has 0 saturated carbocycles. The van der Waals surface area contributed by atoms with E-state index in [2.05, 4.69) is 93.5 Å². The second-order valence-electron chi connectivity index (χ2n) is 17.3. The van der Waals surface area contributed by atoms with Crippen LogP contribution in [0.25, 0.3) is 0 Å². The van der Waals surface area contributed by atoms with Crippen molar-refractivity contribution in [3.05, 3.63) is 92.1 Å².